The standard InChI is InChI=1S/C16H24N6O/c1-13(15-20-18-12-22(15)3)19-16(23)17-10-7-11-21(2)14-8-5-4-6-9-14/h4-6,8-9,12-13H,7,10-11H2,1-3H3,(H2,17,19,23)/t13-/m0/s1. The van der Waals surface area contributed by atoms with Crippen LogP contribution in [-0.4, -0.2) is 40.9 Å². The number of nitrogens with one attached hydrogen (secondary N) is 2. The van der Waals surface area contributed by atoms with Crippen LogP contribution < -0.4 is 15.5 Å². The van der Waals surface area contributed by atoms with Gasteiger partial charge in [-0.2, -0.15) is 0 Å². The summed E-state index contributed by atoms with van der Waals surface area (Å²) in [6, 6.07) is 9.81. The van der Waals surface area contributed by atoms with Gasteiger partial charge in [-0.1, -0.05) is 18.2 Å². The molecule has 124 valence electrons. The first-order valence-electron chi connectivity index (χ1n) is 7.72. The van der Waals surface area contributed by atoms with Crippen molar-refractivity contribution >= 4 is 11.7 Å². The molecule has 0 radical (unpaired) electrons. The Morgan fingerprint density at radius 1 is 1.35 bits per heavy atom. The van der Waals surface area contributed by atoms with Crippen molar-refractivity contribution < 1.29 is 4.79 Å². The van der Waals surface area contributed by atoms with Crippen molar-refractivity contribution in [2.24, 2.45) is 7.05 Å². The second-order valence-electron chi connectivity index (χ2n) is 5.53. The van der Waals surface area contributed by atoms with E-state index in [2.05, 4.69) is 37.9 Å². The maximum Gasteiger partial charge on any atom is 0.315 e. The number of urea groups is 1. The van der Waals surface area contributed by atoms with Crippen molar-refractivity contribution in [2.75, 3.05) is 25.0 Å². The Labute approximate surface area is 136 Å². The minimum Gasteiger partial charge on any atom is -0.375 e. The summed E-state index contributed by atoms with van der Waals surface area (Å²) >= 11 is 0. The van der Waals surface area contributed by atoms with Gasteiger partial charge in [0.1, 0.15) is 6.33 Å². The topological polar surface area (TPSA) is 75.1 Å². The first-order valence-corrected chi connectivity index (χ1v) is 7.72. The molecular formula is C16H24N6O. The van der Waals surface area contributed by atoms with E-state index in [0.717, 1.165) is 18.8 Å². The molecule has 0 saturated carbocycles. The third-order valence-electron chi connectivity index (χ3n) is 3.63. The van der Waals surface area contributed by atoms with Gasteiger partial charge in [-0.15, -0.1) is 10.2 Å². The molecule has 0 aliphatic heterocycles. The summed E-state index contributed by atoms with van der Waals surface area (Å²) in [5.41, 5.74) is 1.17. The molecule has 2 aromatic rings. The molecular weight excluding hydrogens is 292 g/mol. The summed E-state index contributed by atoms with van der Waals surface area (Å²) in [4.78, 5) is 14.0. The Hall–Kier alpha value is -2.57. The highest BCUT2D eigenvalue weighted by Crippen LogP contribution is 2.10. The number of aromatic nitrogens is 3. The number of para-hydroxylation sites is 1. The maximum absolute atomic E-state index is 11.9. The molecule has 0 bridgehead atoms. The molecule has 1 aromatic carbocycles. The maximum atomic E-state index is 11.9. The Morgan fingerprint density at radius 3 is 2.74 bits per heavy atom. The lowest BCUT2D eigenvalue weighted by atomic mass is 10.3. The largest absolute Gasteiger partial charge is 0.375 e. The van der Waals surface area contributed by atoms with E-state index >= 15 is 0 Å². The van der Waals surface area contributed by atoms with Gasteiger partial charge in [0.25, 0.3) is 0 Å². The first kappa shape index (κ1) is 16.8. The number of rotatable bonds is 7. The van der Waals surface area contributed by atoms with E-state index in [0.29, 0.717) is 6.54 Å². The number of hydrogen-bond donors (Lipinski definition) is 2. The van der Waals surface area contributed by atoms with Crippen molar-refractivity contribution in [2.45, 2.75) is 19.4 Å². The van der Waals surface area contributed by atoms with E-state index in [9.17, 15) is 4.79 Å². The summed E-state index contributed by atoms with van der Waals surface area (Å²) in [6.07, 6.45) is 2.49. The average molecular weight is 316 g/mol. The van der Waals surface area contributed by atoms with Crippen LogP contribution in [0.15, 0.2) is 36.7 Å². The van der Waals surface area contributed by atoms with Gasteiger partial charge in [0.05, 0.1) is 6.04 Å². The number of anilines is 1. The Morgan fingerprint density at radius 2 is 2.09 bits per heavy atom. The zero-order chi connectivity index (χ0) is 16.7. The first-order chi connectivity index (χ1) is 11.1. The summed E-state index contributed by atoms with van der Waals surface area (Å²) in [6.45, 7) is 3.38. The zero-order valence-electron chi connectivity index (χ0n) is 13.9. The molecule has 2 rings (SSSR count). The molecule has 1 heterocycles. The summed E-state index contributed by atoms with van der Waals surface area (Å²) in [5, 5.41) is 13.5. The lowest BCUT2D eigenvalue weighted by molar-refractivity contribution is 0.237. The van der Waals surface area contributed by atoms with E-state index in [4.69, 9.17) is 0 Å². The second-order valence-corrected chi connectivity index (χ2v) is 5.53. The fourth-order valence-electron chi connectivity index (χ4n) is 2.33. The zero-order valence-corrected chi connectivity index (χ0v) is 13.9. The number of amides is 2. The number of nitrogens with zero attached hydrogens (tertiary/aromatic N) is 4. The van der Waals surface area contributed by atoms with Gasteiger partial charge in [0.2, 0.25) is 0 Å². The molecule has 0 fully saturated rings. The molecule has 7 nitrogen and oxygen atoms in total. The highest BCUT2D eigenvalue weighted by molar-refractivity contribution is 5.74. The third kappa shape index (κ3) is 4.98. The van der Waals surface area contributed by atoms with Crippen molar-refractivity contribution in [1.29, 1.82) is 0 Å². The molecule has 1 aromatic heterocycles. The van der Waals surface area contributed by atoms with Gasteiger partial charge < -0.3 is 20.1 Å². The number of hydrogen-bond acceptors (Lipinski definition) is 4. The Kier molecular flexibility index (Phi) is 5.96. The second kappa shape index (κ2) is 8.17. The van der Waals surface area contributed by atoms with Crippen LogP contribution in [0.5, 0.6) is 0 Å². The summed E-state index contributed by atoms with van der Waals surface area (Å²) in [5.74, 6) is 0.726. The van der Waals surface area contributed by atoms with Gasteiger partial charge in [-0.25, -0.2) is 4.79 Å². The normalized spacial score (nSPS) is 11.8. The third-order valence-corrected chi connectivity index (χ3v) is 3.63. The van der Waals surface area contributed by atoms with E-state index in [1.807, 2.05) is 39.2 Å². The van der Waals surface area contributed by atoms with Crippen molar-refractivity contribution in [3.8, 4) is 0 Å². The lowest BCUT2D eigenvalue weighted by Crippen LogP contribution is -2.39. The number of carbonyl (C=O) groups is 1. The fourth-order valence-corrected chi connectivity index (χ4v) is 2.33. The van der Waals surface area contributed by atoms with Crippen LogP contribution in [0, 0.1) is 0 Å². The van der Waals surface area contributed by atoms with Crippen molar-refractivity contribution in [3.05, 3.63) is 42.5 Å². The van der Waals surface area contributed by atoms with E-state index in [1.54, 1.807) is 10.9 Å². The van der Waals surface area contributed by atoms with Crippen LogP contribution in [0.4, 0.5) is 10.5 Å². The Bertz CT molecular complexity index is 612. The molecule has 7 heteroatoms. The van der Waals surface area contributed by atoms with Gasteiger partial charge in [-0.3, -0.25) is 0 Å². The number of carbonyl (C=O) groups excluding carboxylic acids is 1. The monoisotopic (exact) mass is 316 g/mol. The average Bonchev–Trinajstić information content (AvgIpc) is 2.98. The van der Waals surface area contributed by atoms with Gasteiger partial charge in [0, 0.05) is 32.9 Å². The minimum absolute atomic E-state index is 0.186. The lowest BCUT2D eigenvalue weighted by Gasteiger charge is -2.19. The molecule has 1 atom stereocenters. The van der Waals surface area contributed by atoms with Crippen LogP contribution in [0.3, 0.4) is 0 Å². The molecule has 0 spiro atoms. The predicted molar refractivity (Wildman–Crippen MR) is 90.3 cm³/mol. The minimum atomic E-state index is -0.192. The van der Waals surface area contributed by atoms with Gasteiger partial charge in [0.15, 0.2) is 5.82 Å². The molecule has 0 aliphatic carbocycles. The van der Waals surface area contributed by atoms with Crippen molar-refractivity contribution in [1.82, 2.24) is 25.4 Å². The molecule has 2 amide bonds. The van der Waals surface area contributed by atoms with E-state index < -0.39 is 0 Å². The highest BCUT2D eigenvalue weighted by Gasteiger charge is 2.13. The van der Waals surface area contributed by atoms with Crippen molar-refractivity contribution in [3.63, 3.8) is 0 Å². The fraction of sp³-hybridized carbons (Fsp3) is 0.438. The van der Waals surface area contributed by atoms with Gasteiger partial charge >= 0.3 is 6.03 Å². The summed E-state index contributed by atoms with van der Waals surface area (Å²) in [7, 11) is 3.90. The van der Waals surface area contributed by atoms with Crippen LogP contribution in [0.25, 0.3) is 0 Å². The quantitative estimate of drug-likeness (QED) is 0.763. The molecule has 0 aliphatic rings. The van der Waals surface area contributed by atoms with Crippen LogP contribution >= 0.6 is 0 Å². The van der Waals surface area contributed by atoms with E-state index in [-0.39, 0.29) is 12.1 Å². The molecule has 2 N–H and O–H groups in total. The Balaban J connectivity index is 1.66. The van der Waals surface area contributed by atoms with Gasteiger partial charge in [-0.05, 0) is 25.5 Å². The molecule has 23 heavy (non-hydrogen) atoms. The SMILES string of the molecule is C[C@H](NC(=O)NCCCN(C)c1ccccc1)c1nncn1C. The predicted octanol–water partition coefficient (Wildman–Crippen LogP) is 1.70. The van der Waals surface area contributed by atoms with Crippen LogP contribution in [-0.2, 0) is 7.05 Å². The van der Waals surface area contributed by atoms with Crippen LogP contribution in [0.1, 0.15) is 25.2 Å². The number of benzene rings is 1. The van der Waals surface area contributed by atoms with Crippen LogP contribution in [0.2, 0.25) is 0 Å². The van der Waals surface area contributed by atoms with E-state index in [1.165, 1.54) is 5.69 Å². The smallest absolute Gasteiger partial charge is 0.315 e. The summed E-state index contributed by atoms with van der Waals surface area (Å²) < 4.78 is 1.79. The molecule has 0 unspecified atom stereocenters. The molecule has 0 saturated heterocycles. The number of aryl methyl sites for hydroxylation is 1. The highest BCUT2D eigenvalue weighted by atomic mass is 16.2.